The van der Waals surface area contributed by atoms with Crippen molar-refractivity contribution in [2.45, 2.75) is 18.9 Å². The van der Waals surface area contributed by atoms with Gasteiger partial charge in [0.25, 0.3) is 0 Å². The molecule has 23 heavy (non-hydrogen) atoms. The number of aromatic carboxylic acids is 1. The number of benzene rings is 1. The van der Waals surface area contributed by atoms with Crippen molar-refractivity contribution in [3.63, 3.8) is 0 Å². The number of rotatable bonds is 5. The minimum Gasteiger partial charge on any atom is -0.477 e. The normalized spacial score (nSPS) is 20.9. The van der Waals surface area contributed by atoms with Gasteiger partial charge in [-0.15, -0.1) is 0 Å². The standard InChI is InChI=1S/C18H20N2O3/c21-18(22)15-9-4-10-16(20-15)19-12-14-8-5-11-23-17(14)13-6-2-1-3-7-13/h1-4,6-7,9-10,14,17H,5,8,11-12H2,(H,19,20)(H,21,22). The second-order valence-corrected chi connectivity index (χ2v) is 5.70. The predicted molar refractivity (Wildman–Crippen MR) is 87.5 cm³/mol. The van der Waals surface area contributed by atoms with E-state index >= 15 is 0 Å². The summed E-state index contributed by atoms with van der Waals surface area (Å²) in [5, 5.41) is 12.3. The summed E-state index contributed by atoms with van der Waals surface area (Å²) in [7, 11) is 0. The van der Waals surface area contributed by atoms with E-state index in [-0.39, 0.29) is 11.8 Å². The Morgan fingerprint density at radius 1 is 1.22 bits per heavy atom. The molecule has 1 aromatic heterocycles. The molecular formula is C18H20N2O3. The number of aromatic nitrogens is 1. The van der Waals surface area contributed by atoms with Gasteiger partial charge in [-0.05, 0) is 30.5 Å². The molecule has 5 heteroatoms. The number of carboxylic acids is 1. The number of hydrogen-bond acceptors (Lipinski definition) is 4. The second-order valence-electron chi connectivity index (χ2n) is 5.70. The number of carbonyl (C=O) groups is 1. The van der Waals surface area contributed by atoms with Crippen LogP contribution >= 0.6 is 0 Å². The average molecular weight is 312 g/mol. The molecule has 2 heterocycles. The number of nitrogens with zero attached hydrogens (tertiary/aromatic N) is 1. The van der Waals surface area contributed by atoms with Crippen LogP contribution < -0.4 is 5.32 Å². The summed E-state index contributed by atoms with van der Waals surface area (Å²) in [6, 6.07) is 15.2. The fourth-order valence-electron chi connectivity index (χ4n) is 2.95. The van der Waals surface area contributed by atoms with E-state index in [2.05, 4.69) is 22.4 Å². The van der Waals surface area contributed by atoms with Crippen molar-refractivity contribution in [1.82, 2.24) is 4.98 Å². The quantitative estimate of drug-likeness (QED) is 0.886. The molecule has 0 aliphatic carbocycles. The third-order valence-corrected chi connectivity index (χ3v) is 4.09. The van der Waals surface area contributed by atoms with E-state index in [1.165, 1.54) is 11.6 Å². The van der Waals surface area contributed by atoms with E-state index < -0.39 is 5.97 Å². The van der Waals surface area contributed by atoms with Crippen LogP contribution in [0.4, 0.5) is 5.82 Å². The second kappa shape index (κ2) is 7.24. The Hall–Kier alpha value is -2.40. The number of hydrogen-bond donors (Lipinski definition) is 2. The lowest BCUT2D eigenvalue weighted by molar-refractivity contribution is -0.0238. The van der Waals surface area contributed by atoms with Crippen molar-refractivity contribution >= 4 is 11.8 Å². The van der Waals surface area contributed by atoms with Crippen LogP contribution in [0.15, 0.2) is 48.5 Å². The van der Waals surface area contributed by atoms with Gasteiger partial charge in [-0.3, -0.25) is 0 Å². The number of ether oxygens (including phenoxy) is 1. The fourth-order valence-corrected chi connectivity index (χ4v) is 2.95. The van der Waals surface area contributed by atoms with Crippen LogP contribution in [0.1, 0.15) is 35.0 Å². The van der Waals surface area contributed by atoms with Crippen LogP contribution in [0.2, 0.25) is 0 Å². The monoisotopic (exact) mass is 312 g/mol. The highest BCUT2D eigenvalue weighted by Crippen LogP contribution is 2.33. The van der Waals surface area contributed by atoms with Crippen molar-refractivity contribution in [2.24, 2.45) is 5.92 Å². The van der Waals surface area contributed by atoms with Crippen molar-refractivity contribution < 1.29 is 14.6 Å². The summed E-state index contributed by atoms with van der Waals surface area (Å²) in [6.45, 7) is 1.48. The largest absolute Gasteiger partial charge is 0.477 e. The third kappa shape index (κ3) is 3.87. The molecule has 1 aromatic carbocycles. The van der Waals surface area contributed by atoms with Gasteiger partial charge in [0.2, 0.25) is 0 Å². The third-order valence-electron chi connectivity index (χ3n) is 4.09. The maximum absolute atomic E-state index is 11.0. The maximum atomic E-state index is 11.0. The molecule has 1 saturated heterocycles. The molecule has 0 bridgehead atoms. The van der Waals surface area contributed by atoms with Crippen molar-refractivity contribution in [1.29, 1.82) is 0 Å². The molecule has 1 fully saturated rings. The van der Waals surface area contributed by atoms with E-state index in [0.717, 1.165) is 19.4 Å². The molecule has 0 radical (unpaired) electrons. The zero-order valence-electron chi connectivity index (χ0n) is 12.8. The van der Waals surface area contributed by atoms with Gasteiger partial charge in [-0.25, -0.2) is 9.78 Å². The molecule has 3 rings (SSSR count). The molecule has 0 amide bonds. The van der Waals surface area contributed by atoms with E-state index in [4.69, 9.17) is 9.84 Å². The highest BCUT2D eigenvalue weighted by atomic mass is 16.5. The predicted octanol–water partition coefficient (Wildman–Crippen LogP) is 3.36. The van der Waals surface area contributed by atoms with Gasteiger partial charge < -0.3 is 15.2 Å². The van der Waals surface area contributed by atoms with Gasteiger partial charge in [0, 0.05) is 19.1 Å². The zero-order valence-corrected chi connectivity index (χ0v) is 12.8. The van der Waals surface area contributed by atoms with Gasteiger partial charge in [0.05, 0.1) is 6.10 Å². The zero-order chi connectivity index (χ0) is 16.1. The van der Waals surface area contributed by atoms with Crippen molar-refractivity contribution in [3.8, 4) is 0 Å². The van der Waals surface area contributed by atoms with Gasteiger partial charge in [0.1, 0.15) is 5.82 Å². The molecule has 1 aliphatic heterocycles. The maximum Gasteiger partial charge on any atom is 0.354 e. The summed E-state index contributed by atoms with van der Waals surface area (Å²) >= 11 is 0. The van der Waals surface area contributed by atoms with Crippen LogP contribution in [0.3, 0.4) is 0 Å². The molecule has 0 saturated carbocycles. The summed E-state index contributed by atoms with van der Waals surface area (Å²) in [5.41, 5.74) is 1.24. The molecule has 120 valence electrons. The Morgan fingerprint density at radius 2 is 2.04 bits per heavy atom. The topological polar surface area (TPSA) is 71.5 Å². The number of pyridine rings is 1. The average Bonchev–Trinajstić information content (AvgIpc) is 2.61. The smallest absolute Gasteiger partial charge is 0.354 e. The lowest BCUT2D eigenvalue weighted by Crippen LogP contribution is -2.28. The van der Waals surface area contributed by atoms with Crippen LogP contribution in [-0.4, -0.2) is 29.2 Å². The Balaban J connectivity index is 1.68. The number of nitrogens with one attached hydrogen (secondary N) is 1. The molecule has 0 spiro atoms. The van der Waals surface area contributed by atoms with Gasteiger partial charge in [-0.2, -0.15) is 0 Å². The molecule has 1 aliphatic rings. The Bertz CT molecular complexity index is 660. The van der Waals surface area contributed by atoms with E-state index in [1.54, 1.807) is 12.1 Å². The Kier molecular flexibility index (Phi) is 4.88. The highest BCUT2D eigenvalue weighted by molar-refractivity contribution is 5.85. The van der Waals surface area contributed by atoms with E-state index in [0.29, 0.717) is 18.3 Å². The lowest BCUT2D eigenvalue weighted by Gasteiger charge is -2.32. The van der Waals surface area contributed by atoms with Crippen molar-refractivity contribution in [3.05, 3.63) is 59.8 Å². The van der Waals surface area contributed by atoms with Crippen LogP contribution in [0, 0.1) is 5.92 Å². The first-order chi connectivity index (χ1) is 11.2. The summed E-state index contributed by atoms with van der Waals surface area (Å²) in [6.07, 6.45) is 2.18. The summed E-state index contributed by atoms with van der Waals surface area (Å²) in [4.78, 5) is 15.1. The van der Waals surface area contributed by atoms with Crippen molar-refractivity contribution in [2.75, 3.05) is 18.5 Å². The summed E-state index contributed by atoms with van der Waals surface area (Å²) < 4.78 is 5.97. The first-order valence-electron chi connectivity index (χ1n) is 7.85. The molecule has 2 aromatic rings. The minimum absolute atomic E-state index is 0.0505. The molecule has 2 unspecified atom stereocenters. The lowest BCUT2D eigenvalue weighted by atomic mass is 9.89. The number of anilines is 1. The first kappa shape index (κ1) is 15.5. The molecule has 2 N–H and O–H groups in total. The van der Waals surface area contributed by atoms with Gasteiger partial charge >= 0.3 is 5.97 Å². The molecule has 2 atom stereocenters. The molecular weight excluding hydrogens is 292 g/mol. The van der Waals surface area contributed by atoms with E-state index in [1.807, 2.05) is 18.2 Å². The van der Waals surface area contributed by atoms with Crippen LogP contribution in [0.5, 0.6) is 0 Å². The highest BCUT2D eigenvalue weighted by Gasteiger charge is 2.27. The van der Waals surface area contributed by atoms with Gasteiger partial charge in [-0.1, -0.05) is 36.4 Å². The van der Waals surface area contributed by atoms with E-state index in [9.17, 15) is 4.79 Å². The van der Waals surface area contributed by atoms with Gasteiger partial charge in [0.15, 0.2) is 5.69 Å². The Labute approximate surface area is 135 Å². The SMILES string of the molecule is O=C(O)c1cccc(NCC2CCCOC2c2ccccc2)n1. The Morgan fingerprint density at radius 3 is 2.83 bits per heavy atom. The van der Waals surface area contributed by atoms with Crippen LogP contribution in [0.25, 0.3) is 0 Å². The first-order valence-corrected chi connectivity index (χ1v) is 7.85. The fraction of sp³-hybridized carbons (Fsp3) is 0.333. The minimum atomic E-state index is -1.02. The molecule has 5 nitrogen and oxygen atoms in total. The number of carboxylic acid groups (broad SMARTS) is 1. The van der Waals surface area contributed by atoms with Crippen LogP contribution in [-0.2, 0) is 4.74 Å². The summed E-state index contributed by atoms with van der Waals surface area (Å²) in [5.74, 6) is -0.0967.